The second kappa shape index (κ2) is 6.03. The van der Waals surface area contributed by atoms with E-state index in [9.17, 15) is 4.39 Å². The molecule has 0 atom stereocenters. The second-order valence-electron chi connectivity index (χ2n) is 3.28. The van der Waals surface area contributed by atoms with Gasteiger partial charge in [0.05, 0.1) is 0 Å². The fraction of sp³-hybridized carbons (Fsp3) is 0.0909. The molecule has 1 heterocycles. The van der Waals surface area contributed by atoms with Gasteiger partial charge in [-0.25, -0.2) is 20.2 Å². The number of halogens is 1. The Morgan fingerprint density at radius 3 is 2.78 bits per heavy atom. The Balaban J connectivity index is 2.28. The summed E-state index contributed by atoms with van der Waals surface area (Å²) in [5.74, 6) is 5.61. The molecule has 0 amide bonds. The van der Waals surface area contributed by atoms with Gasteiger partial charge in [-0.1, -0.05) is 29.6 Å². The van der Waals surface area contributed by atoms with Gasteiger partial charge in [0, 0.05) is 11.0 Å². The van der Waals surface area contributed by atoms with E-state index in [1.165, 1.54) is 35.7 Å². The lowest BCUT2D eigenvalue weighted by Gasteiger charge is -2.05. The summed E-state index contributed by atoms with van der Waals surface area (Å²) >= 11 is 2.78. The highest BCUT2D eigenvalue weighted by molar-refractivity contribution is 7.99. The third kappa shape index (κ3) is 3.34. The Morgan fingerprint density at radius 1 is 1.28 bits per heavy atom. The van der Waals surface area contributed by atoms with Crippen molar-refractivity contribution >= 4 is 29.3 Å². The molecule has 0 aliphatic heterocycles. The number of hydrogen-bond donors (Lipinski definition) is 2. The summed E-state index contributed by atoms with van der Waals surface area (Å²) in [7, 11) is 0. The van der Waals surface area contributed by atoms with Crippen molar-refractivity contribution in [1.82, 2.24) is 9.97 Å². The maximum atomic E-state index is 13.1. The van der Waals surface area contributed by atoms with Crippen molar-refractivity contribution in [3.63, 3.8) is 0 Å². The molecule has 0 aliphatic carbocycles. The number of nitrogen functional groups attached to an aromatic ring is 1. The van der Waals surface area contributed by atoms with Gasteiger partial charge in [-0.15, -0.1) is 0 Å². The predicted octanol–water partition coefficient (Wildman–Crippen LogP) is 2.77. The number of anilines is 1. The minimum absolute atomic E-state index is 0.267. The van der Waals surface area contributed by atoms with Crippen LogP contribution in [0.25, 0.3) is 0 Å². The van der Waals surface area contributed by atoms with Crippen LogP contribution in [0.15, 0.2) is 45.4 Å². The van der Waals surface area contributed by atoms with Crippen molar-refractivity contribution in [1.29, 1.82) is 0 Å². The molecular formula is C11H11FN4S2. The minimum Gasteiger partial charge on any atom is -0.308 e. The maximum absolute atomic E-state index is 13.1. The largest absolute Gasteiger partial charge is 0.308 e. The molecule has 18 heavy (non-hydrogen) atoms. The number of nitrogens with zero attached hydrogens (tertiary/aromatic N) is 2. The standard InChI is InChI=1S/C11H11FN4S2/c1-17-11-14-9(16-13)6-10(15-11)18-8-4-2-3-7(12)5-8/h2-6H,13H2,1H3,(H,14,15,16). The van der Waals surface area contributed by atoms with Crippen molar-refractivity contribution < 1.29 is 4.39 Å². The van der Waals surface area contributed by atoms with Crippen LogP contribution >= 0.6 is 23.5 Å². The average Bonchev–Trinajstić information content (AvgIpc) is 2.38. The molecule has 4 nitrogen and oxygen atoms in total. The van der Waals surface area contributed by atoms with Crippen LogP contribution in [-0.4, -0.2) is 16.2 Å². The van der Waals surface area contributed by atoms with E-state index >= 15 is 0 Å². The SMILES string of the molecule is CSc1nc(NN)cc(Sc2cccc(F)c2)n1. The first-order valence-electron chi connectivity index (χ1n) is 5.04. The van der Waals surface area contributed by atoms with E-state index in [0.717, 1.165) is 4.90 Å². The zero-order chi connectivity index (χ0) is 13.0. The number of aromatic nitrogens is 2. The monoisotopic (exact) mass is 282 g/mol. The molecule has 94 valence electrons. The summed E-state index contributed by atoms with van der Waals surface area (Å²) in [6.07, 6.45) is 1.88. The van der Waals surface area contributed by atoms with Crippen molar-refractivity contribution in [2.24, 2.45) is 5.84 Å². The molecule has 2 aromatic rings. The zero-order valence-electron chi connectivity index (χ0n) is 9.55. The van der Waals surface area contributed by atoms with Crippen molar-refractivity contribution in [3.8, 4) is 0 Å². The number of hydrazine groups is 1. The van der Waals surface area contributed by atoms with Crippen LogP contribution in [-0.2, 0) is 0 Å². The quantitative estimate of drug-likeness (QED) is 0.295. The Bertz CT molecular complexity index is 528. The fourth-order valence-corrected chi connectivity index (χ4v) is 2.57. The Hall–Kier alpha value is -1.31. The van der Waals surface area contributed by atoms with Crippen LogP contribution in [0.1, 0.15) is 0 Å². The van der Waals surface area contributed by atoms with Crippen molar-refractivity contribution in [3.05, 3.63) is 36.1 Å². The van der Waals surface area contributed by atoms with E-state index < -0.39 is 0 Å². The highest BCUT2D eigenvalue weighted by Gasteiger charge is 2.05. The molecular weight excluding hydrogens is 271 g/mol. The van der Waals surface area contributed by atoms with Gasteiger partial charge in [0.25, 0.3) is 0 Å². The Labute approximate surface area is 113 Å². The topological polar surface area (TPSA) is 63.8 Å². The highest BCUT2D eigenvalue weighted by atomic mass is 32.2. The highest BCUT2D eigenvalue weighted by Crippen LogP contribution is 2.28. The van der Waals surface area contributed by atoms with E-state index in [-0.39, 0.29) is 5.82 Å². The first-order chi connectivity index (χ1) is 8.71. The lowest BCUT2D eigenvalue weighted by molar-refractivity contribution is 0.624. The van der Waals surface area contributed by atoms with Gasteiger partial charge in [-0.05, 0) is 24.5 Å². The summed E-state index contributed by atoms with van der Waals surface area (Å²) in [5, 5.41) is 1.33. The number of hydrogen-bond acceptors (Lipinski definition) is 6. The maximum Gasteiger partial charge on any atom is 0.190 e. The van der Waals surface area contributed by atoms with Gasteiger partial charge < -0.3 is 5.43 Å². The van der Waals surface area contributed by atoms with E-state index in [4.69, 9.17) is 5.84 Å². The second-order valence-corrected chi connectivity index (χ2v) is 5.15. The van der Waals surface area contributed by atoms with Gasteiger partial charge in [0.2, 0.25) is 0 Å². The summed E-state index contributed by atoms with van der Waals surface area (Å²) in [4.78, 5) is 9.26. The smallest absolute Gasteiger partial charge is 0.190 e. The van der Waals surface area contributed by atoms with Crippen LogP contribution in [0.5, 0.6) is 0 Å². The number of nitrogens with two attached hydrogens (primary N) is 1. The van der Waals surface area contributed by atoms with E-state index in [1.807, 2.05) is 12.3 Å². The van der Waals surface area contributed by atoms with Gasteiger partial charge in [0.1, 0.15) is 16.7 Å². The number of benzene rings is 1. The molecule has 0 bridgehead atoms. The summed E-state index contributed by atoms with van der Waals surface area (Å²) in [5.41, 5.74) is 2.49. The molecule has 0 saturated heterocycles. The zero-order valence-corrected chi connectivity index (χ0v) is 11.2. The molecule has 3 N–H and O–H groups in total. The van der Waals surface area contributed by atoms with E-state index in [0.29, 0.717) is 16.0 Å². The molecule has 0 fully saturated rings. The van der Waals surface area contributed by atoms with Crippen LogP contribution < -0.4 is 11.3 Å². The molecule has 1 aromatic heterocycles. The lowest BCUT2D eigenvalue weighted by atomic mass is 10.4. The summed E-state index contributed by atoms with van der Waals surface area (Å²) in [6.45, 7) is 0. The predicted molar refractivity (Wildman–Crippen MR) is 72.1 cm³/mol. The van der Waals surface area contributed by atoms with Crippen LogP contribution in [0, 0.1) is 5.82 Å². The first-order valence-corrected chi connectivity index (χ1v) is 7.08. The number of nitrogens with one attached hydrogen (secondary N) is 1. The van der Waals surface area contributed by atoms with E-state index in [1.54, 1.807) is 12.1 Å². The molecule has 7 heteroatoms. The van der Waals surface area contributed by atoms with Crippen LogP contribution in [0.3, 0.4) is 0 Å². The van der Waals surface area contributed by atoms with Crippen LogP contribution in [0.2, 0.25) is 0 Å². The van der Waals surface area contributed by atoms with E-state index in [2.05, 4.69) is 15.4 Å². The third-order valence-electron chi connectivity index (χ3n) is 2.03. The van der Waals surface area contributed by atoms with Crippen molar-refractivity contribution in [2.75, 3.05) is 11.7 Å². The van der Waals surface area contributed by atoms with Gasteiger partial charge >= 0.3 is 0 Å². The molecule has 0 unspecified atom stereocenters. The Kier molecular flexibility index (Phi) is 4.40. The fourth-order valence-electron chi connectivity index (χ4n) is 1.27. The third-order valence-corrected chi connectivity index (χ3v) is 3.49. The normalized spacial score (nSPS) is 10.4. The molecule has 0 spiro atoms. The molecule has 0 aliphatic rings. The average molecular weight is 282 g/mol. The number of rotatable bonds is 4. The summed E-state index contributed by atoms with van der Waals surface area (Å²) in [6, 6.07) is 8.07. The minimum atomic E-state index is -0.267. The van der Waals surface area contributed by atoms with Gasteiger partial charge in [-0.3, -0.25) is 0 Å². The van der Waals surface area contributed by atoms with Crippen molar-refractivity contribution in [2.45, 2.75) is 15.1 Å². The van der Waals surface area contributed by atoms with Gasteiger partial charge in [0.15, 0.2) is 5.16 Å². The molecule has 0 radical (unpaired) electrons. The molecule has 2 rings (SSSR count). The molecule has 0 saturated carbocycles. The first kappa shape index (κ1) is 13.1. The molecule has 1 aromatic carbocycles. The lowest BCUT2D eigenvalue weighted by Crippen LogP contribution is -2.09. The van der Waals surface area contributed by atoms with Gasteiger partial charge in [-0.2, -0.15) is 0 Å². The Morgan fingerprint density at radius 2 is 2.11 bits per heavy atom. The van der Waals surface area contributed by atoms with Crippen LogP contribution in [0.4, 0.5) is 10.2 Å². The number of thioether (sulfide) groups is 1. The summed E-state index contributed by atoms with van der Waals surface area (Å²) < 4.78 is 13.1.